The number of anilines is 1. The van der Waals surface area contributed by atoms with Crippen molar-refractivity contribution in [1.29, 1.82) is 0 Å². The van der Waals surface area contributed by atoms with E-state index in [1.165, 1.54) is 11.3 Å². The molecule has 0 spiro atoms. The molecule has 1 aromatic rings. The Morgan fingerprint density at radius 3 is 2.83 bits per heavy atom. The Balaban J connectivity index is 2.45. The van der Waals surface area contributed by atoms with E-state index in [-0.39, 0.29) is 0 Å². The molecule has 68 valence electrons. The van der Waals surface area contributed by atoms with E-state index in [9.17, 15) is 0 Å². The fourth-order valence-corrected chi connectivity index (χ4v) is 1.66. The molecule has 0 aliphatic rings. The largest absolute Gasteiger partial charge is 0.376 e. The van der Waals surface area contributed by atoms with Crippen LogP contribution in [0.3, 0.4) is 0 Å². The maximum atomic E-state index is 5.54. The number of hydrogen-bond acceptors (Lipinski definition) is 4. The van der Waals surface area contributed by atoms with Crippen molar-refractivity contribution in [3.8, 4) is 0 Å². The highest BCUT2D eigenvalue weighted by Crippen LogP contribution is 2.20. The van der Waals surface area contributed by atoms with E-state index < -0.39 is 0 Å². The van der Waals surface area contributed by atoms with Crippen LogP contribution >= 0.6 is 11.3 Å². The summed E-state index contributed by atoms with van der Waals surface area (Å²) >= 11 is 1.51. The summed E-state index contributed by atoms with van der Waals surface area (Å²) in [5, 5.41) is 0.627. The lowest BCUT2D eigenvalue weighted by Crippen LogP contribution is -1.93. The lowest BCUT2D eigenvalue weighted by molar-refractivity contribution is 0.123. The number of nitrogen functional groups attached to an aromatic ring is 1. The predicted octanol–water partition coefficient (Wildman–Crippen LogP) is 1.96. The van der Waals surface area contributed by atoms with E-state index in [4.69, 9.17) is 10.5 Å². The van der Waals surface area contributed by atoms with Gasteiger partial charge in [-0.2, -0.15) is 0 Å². The Morgan fingerprint density at radius 2 is 2.33 bits per heavy atom. The van der Waals surface area contributed by atoms with E-state index in [0.29, 0.717) is 11.7 Å². The first-order valence-corrected chi connectivity index (χ1v) is 4.85. The van der Waals surface area contributed by atoms with Crippen molar-refractivity contribution < 1.29 is 4.74 Å². The number of thiazole rings is 1. The molecule has 0 radical (unpaired) electrons. The minimum atomic E-state index is 0.627. The Kier molecular flexibility index (Phi) is 3.49. The molecule has 1 heterocycles. The molecule has 0 saturated carbocycles. The lowest BCUT2D eigenvalue weighted by Gasteiger charge is -1.99. The number of nitrogens with two attached hydrogens (primary N) is 1. The molecule has 0 aliphatic carbocycles. The van der Waals surface area contributed by atoms with E-state index >= 15 is 0 Å². The normalized spacial score (nSPS) is 10.5. The van der Waals surface area contributed by atoms with Crippen LogP contribution in [0, 0.1) is 6.92 Å². The quantitative estimate of drug-likeness (QED) is 0.731. The van der Waals surface area contributed by atoms with Crippen molar-refractivity contribution in [3.05, 3.63) is 10.6 Å². The third-order valence-electron chi connectivity index (χ3n) is 1.49. The van der Waals surface area contributed by atoms with Gasteiger partial charge in [-0.15, -0.1) is 0 Å². The van der Waals surface area contributed by atoms with Gasteiger partial charge in [0.25, 0.3) is 0 Å². The molecule has 0 unspecified atom stereocenters. The number of hydrogen-bond donors (Lipinski definition) is 1. The van der Waals surface area contributed by atoms with Crippen molar-refractivity contribution in [2.45, 2.75) is 26.9 Å². The van der Waals surface area contributed by atoms with Crippen LogP contribution in [0.15, 0.2) is 0 Å². The fraction of sp³-hybridized carbons (Fsp3) is 0.625. The number of nitrogens with zero attached hydrogens (tertiary/aromatic N) is 1. The highest BCUT2D eigenvalue weighted by Gasteiger charge is 2.03. The summed E-state index contributed by atoms with van der Waals surface area (Å²) < 4.78 is 5.38. The lowest BCUT2D eigenvalue weighted by atomic mass is 10.4. The summed E-state index contributed by atoms with van der Waals surface area (Å²) in [6.45, 7) is 5.50. The third kappa shape index (κ3) is 2.46. The zero-order chi connectivity index (χ0) is 8.97. The maximum Gasteiger partial charge on any atom is 0.180 e. The highest BCUT2D eigenvalue weighted by molar-refractivity contribution is 7.15. The van der Waals surface area contributed by atoms with Gasteiger partial charge in [-0.3, -0.25) is 0 Å². The summed E-state index contributed by atoms with van der Waals surface area (Å²) in [6.07, 6.45) is 1.05. The van der Waals surface area contributed by atoms with Crippen LogP contribution < -0.4 is 5.73 Å². The number of ether oxygens (including phenoxy) is 1. The van der Waals surface area contributed by atoms with Crippen molar-refractivity contribution in [2.75, 3.05) is 12.3 Å². The zero-order valence-electron chi connectivity index (χ0n) is 7.46. The topological polar surface area (TPSA) is 48.1 Å². The van der Waals surface area contributed by atoms with Crippen LogP contribution in [0.2, 0.25) is 0 Å². The van der Waals surface area contributed by atoms with Gasteiger partial charge in [0.15, 0.2) is 5.13 Å². The monoisotopic (exact) mass is 186 g/mol. The summed E-state index contributed by atoms with van der Waals surface area (Å²) in [4.78, 5) is 5.25. The molecule has 0 bridgehead atoms. The summed E-state index contributed by atoms with van der Waals surface area (Å²) in [6, 6.07) is 0. The van der Waals surface area contributed by atoms with Crippen LogP contribution in [0.1, 0.15) is 23.9 Å². The molecule has 0 aromatic carbocycles. The van der Waals surface area contributed by atoms with E-state index in [0.717, 1.165) is 23.6 Å². The molecule has 0 saturated heterocycles. The average molecular weight is 186 g/mol. The molecule has 0 fully saturated rings. The van der Waals surface area contributed by atoms with Crippen molar-refractivity contribution in [1.82, 2.24) is 4.98 Å². The van der Waals surface area contributed by atoms with Gasteiger partial charge < -0.3 is 10.5 Å². The molecule has 0 atom stereocenters. The van der Waals surface area contributed by atoms with Crippen molar-refractivity contribution in [3.63, 3.8) is 0 Å². The van der Waals surface area contributed by atoms with Crippen LogP contribution in [0.5, 0.6) is 0 Å². The van der Waals surface area contributed by atoms with Gasteiger partial charge in [-0.05, 0) is 13.3 Å². The van der Waals surface area contributed by atoms with E-state index in [2.05, 4.69) is 11.9 Å². The molecule has 3 nitrogen and oxygen atoms in total. The summed E-state index contributed by atoms with van der Waals surface area (Å²) in [7, 11) is 0. The van der Waals surface area contributed by atoms with Crippen LogP contribution in [0.25, 0.3) is 0 Å². The maximum absolute atomic E-state index is 5.54. The predicted molar refractivity (Wildman–Crippen MR) is 51.2 cm³/mol. The van der Waals surface area contributed by atoms with Crippen LogP contribution in [0.4, 0.5) is 5.13 Å². The second-order valence-corrected chi connectivity index (χ2v) is 3.73. The molecular weight excluding hydrogens is 172 g/mol. The minimum absolute atomic E-state index is 0.627. The molecule has 2 N–H and O–H groups in total. The molecule has 1 rings (SSSR count). The van der Waals surface area contributed by atoms with Crippen molar-refractivity contribution >= 4 is 16.5 Å². The zero-order valence-corrected chi connectivity index (χ0v) is 8.28. The SMILES string of the molecule is CCCOCc1sc(N)nc1C. The van der Waals surface area contributed by atoms with Gasteiger partial charge in [-0.25, -0.2) is 4.98 Å². The fourth-order valence-electron chi connectivity index (χ4n) is 0.894. The molecule has 12 heavy (non-hydrogen) atoms. The van der Waals surface area contributed by atoms with Gasteiger partial charge in [0, 0.05) is 6.61 Å². The van der Waals surface area contributed by atoms with Gasteiger partial charge in [0.2, 0.25) is 0 Å². The van der Waals surface area contributed by atoms with Gasteiger partial charge >= 0.3 is 0 Å². The van der Waals surface area contributed by atoms with E-state index in [1.807, 2.05) is 6.92 Å². The smallest absolute Gasteiger partial charge is 0.180 e. The Morgan fingerprint density at radius 1 is 1.58 bits per heavy atom. The minimum Gasteiger partial charge on any atom is -0.376 e. The molecule has 1 aromatic heterocycles. The summed E-state index contributed by atoms with van der Waals surface area (Å²) in [5.41, 5.74) is 6.53. The molecular formula is C8H14N2OS. The summed E-state index contributed by atoms with van der Waals surface area (Å²) in [5.74, 6) is 0. The van der Waals surface area contributed by atoms with Crippen LogP contribution in [-0.4, -0.2) is 11.6 Å². The molecule has 0 amide bonds. The number of aromatic nitrogens is 1. The first-order chi connectivity index (χ1) is 5.74. The molecule has 4 heteroatoms. The first-order valence-electron chi connectivity index (χ1n) is 4.03. The molecule has 0 aliphatic heterocycles. The number of aryl methyl sites for hydroxylation is 1. The standard InChI is InChI=1S/C8H14N2OS/c1-3-4-11-5-7-6(2)10-8(9)12-7/h3-5H2,1-2H3,(H2,9,10). The van der Waals surface area contributed by atoms with E-state index in [1.54, 1.807) is 0 Å². The second-order valence-electron chi connectivity index (χ2n) is 2.61. The van der Waals surface area contributed by atoms with Gasteiger partial charge in [0.05, 0.1) is 17.2 Å². The van der Waals surface area contributed by atoms with Gasteiger partial charge in [-0.1, -0.05) is 18.3 Å². The highest BCUT2D eigenvalue weighted by atomic mass is 32.1. The Bertz CT molecular complexity index is 247. The van der Waals surface area contributed by atoms with Crippen molar-refractivity contribution in [2.24, 2.45) is 0 Å². The first kappa shape index (κ1) is 9.48. The Labute approximate surface area is 76.6 Å². The Hall–Kier alpha value is -0.610. The number of rotatable bonds is 4. The van der Waals surface area contributed by atoms with Crippen LogP contribution in [-0.2, 0) is 11.3 Å². The van der Waals surface area contributed by atoms with Gasteiger partial charge in [0.1, 0.15) is 0 Å². The average Bonchev–Trinajstić information content (AvgIpc) is 2.31. The second kappa shape index (κ2) is 4.42. The third-order valence-corrected chi connectivity index (χ3v) is 2.45.